The topological polar surface area (TPSA) is 51.6 Å². The standard InChI is InChI=1S/C50H32N4/c1-9-35-13-5-27-51-47(35)41(17-1)39-25-23-33(31-45(39)43-19-3-11-37-15-7-29-53-49(37)43)21-22-34-24-26-40(42-18-2-10-36-14-6-28-52-48(36)42)46(32-34)44-20-4-12-38-16-8-30-54-50(38)44/h1-32H/b22-21+. The zero-order chi connectivity index (χ0) is 35.8. The molecule has 0 aliphatic rings. The van der Waals surface area contributed by atoms with Gasteiger partial charge in [0.25, 0.3) is 0 Å². The minimum atomic E-state index is 0.974. The number of hydrogen-bond acceptors (Lipinski definition) is 4. The van der Waals surface area contributed by atoms with Crippen molar-refractivity contribution in [1.29, 1.82) is 0 Å². The van der Waals surface area contributed by atoms with Crippen LogP contribution >= 0.6 is 0 Å². The normalized spacial score (nSPS) is 11.6. The highest BCUT2D eigenvalue weighted by Gasteiger charge is 2.16. The van der Waals surface area contributed by atoms with E-state index in [2.05, 4.69) is 146 Å². The van der Waals surface area contributed by atoms with Crippen LogP contribution in [0.2, 0.25) is 0 Å². The molecule has 0 amide bonds. The van der Waals surface area contributed by atoms with Crippen LogP contribution in [0.4, 0.5) is 0 Å². The molecule has 10 aromatic rings. The van der Waals surface area contributed by atoms with E-state index in [9.17, 15) is 0 Å². The summed E-state index contributed by atoms with van der Waals surface area (Å²) < 4.78 is 0. The van der Waals surface area contributed by atoms with Gasteiger partial charge in [0.2, 0.25) is 0 Å². The second-order valence-corrected chi connectivity index (χ2v) is 13.5. The molecule has 252 valence electrons. The maximum Gasteiger partial charge on any atom is 0.0780 e. The van der Waals surface area contributed by atoms with Crippen molar-refractivity contribution in [2.45, 2.75) is 0 Å². The van der Waals surface area contributed by atoms with Gasteiger partial charge in [0.05, 0.1) is 22.1 Å². The maximum atomic E-state index is 4.85. The molecule has 6 aromatic carbocycles. The fraction of sp³-hybridized carbons (Fsp3) is 0. The van der Waals surface area contributed by atoms with E-state index in [1.807, 2.05) is 49.1 Å². The predicted octanol–water partition coefficient (Wildman–Crippen LogP) is 12.7. The molecule has 0 bridgehead atoms. The zero-order valence-electron chi connectivity index (χ0n) is 29.3. The predicted molar refractivity (Wildman–Crippen MR) is 225 cm³/mol. The summed E-state index contributed by atoms with van der Waals surface area (Å²) in [5.41, 5.74) is 14.9. The molecular weight excluding hydrogens is 657 g/mol. The molecule has 0 aliphatic heterocycles. The second kappa shape index (κ2) is 13.4. The van der Waals surface area contributed by atoms with E-state index in [4.69, 9.17) is 19.9 Å². The molecule has 4 heterocycles. The van der Waals surface area contributed by atoms with E-state index < -0.39 is 0 Å². The first-order valence-electron chi connectivity index (χ1n) is 18.1. The van der Waals surface area contributed by atoms with E-state index in [-0.39, 0.29) is 0 Å². The number of para-hydroxylation sites is 4. The summed E-state index contributed by atoms with van der Waals surface area (Å²) in [5.74, 6) is 0. The van der Waals surface area contributed by atoms with E-state index in [1.165, 1.54) is 0 Å². The maximum absolute atomic E-state index is 4.85. The number of benzene rings is 6. The van der Waals surface area contributed by atoms with Crippen molar-refractivity contribution < 1.29 is 0 Å². The SMILES string of the molecule is C(=C\c1ccc(-c2cccc3cccnc23)c(-c2cccc3cccnc23)c1)/c1ccc(-c2cccc3cccnc23)c(-c2cccc3cccnc23)c1. The van der Waals surface area contributed by atoms with E-state index in [1.54, 1.807) is 0 Å². The molecule has 4 heteroatoms. The monoisotopic (exact) mass is 688 g/mol. The van der Waals surface area contributed by atoms with Gasteiger partial charge in [-0.25, -0.2) is 0 Å². The van der Waals surface area contributed by atoms with Crippen LogP contribution < -0.4 is 0 Å². The summed E-state index contributed by atoms with van der Waals surface area (Å²) in [4.78, 5) is 19.3. The Morgan fingerprint density at radius 1 is 0.259 bits per heavy atom. The first kappa shape index (κ1) is 31.4. The molecular formula is C50H32N4. The zero-order valence-corrected chi connectivity index (χ0v) is 29.3. The van der Waals surface area contributed by atoms with Crippen molar-refractivity contribution in [1.82, 2.24) is 19.9 Å². The molecule has 4 aromatic heterocycles. The number of fused-ring (bicyclic) bond motifs is 4. The number of pyridine rings is 4. The molecule has 0 saturated carbocycles. The van der Waals surface area contributed by atoms with Gasteiger partial charge in [-0.05, 0) is 69.8 Å². The van der Waals surface area contributed by atoms with Crippen LogP contribution in [0.25, 0.3) is 100 Å². The quantitative estimate of drug-likeness (QED) is 0.163. The summed E-state index contributed by atoms with van der Waals surface area (Å²) in [6.07, 6.45) is 11.9. The minimum absolute atomic E-state index is 0.974. The number of rotatable bonds is 6. The Morgan fingerprint density at radius 3 is 0.889 bits per heavy atom. The molecule has 0 saturated heterocycles. The van der Waals surface area contributed by atoms with E-state index in [0.29, 0.717) is 0 Å². The molecule has 0 spiro atoms. The third kappa shape index (κ3) is 5.58. The smallest absolute Gasteiger partial charge is 0.0780 e. The minimum Gasteiger partial charge on any atom is -0.256 e. The van der Waals surface area contributed by atoms with Gasteiger partial charge in [-0.3, -0.25) is 19.9 Å². The van der Waals surface area contributed by atoms with Gasteiger partial charge in [0, 0.05) is 68.6 Å². The van der Waals surface area contributed by atoms with Crippen LogP contribution in [0.1, 0.15) is 11.1 Å². The van der Waals surface area contributed by atoms with Crippen LogP contribution in [-0.2, 0) is 0 Å². The second-order valence-electron chi connectivity index (χ2n) is 13.5. The summed E-state index contributed by atoms with van der Waals surface area (Å²) in [6.45, 7) is 0. The summed E-state index contributed by atoms with van der Waals surface area (Å²) >= 11 is 0. The average Bonchev–Trinajstić information content (AvgIpc) is 3.25. The van der Waals surface area contributed by atoms with Gasteiger partial charge in [-0.1, -0.05) is 133 Å². The summed E-state index contributed by atoms with van der Waals surface area (Å²) in [7, 11) is 0. The molecule has 0 atom stereocenters. The molecule has 0 aliphatic carbocycles. The lowest BCUT2D eigenvalue weighted by Crippen LogP contribution is -1.92. The third-order valence-electron chi connectivity index (χ3n) is 10.2. The van der Waals surface area contributed by atoms with Crippen LogP contribution in [0.15, 0.2) is 183 Å². The Morgan fingerprint density at radius 2 is 0.556 bits per heavy atom. The number of nitrogens with zero attached hydrogens (tertiary/aromatic N) is 4. The van der Waals surface area contributed by atoms with Crippen molar-refractivity contribution in [3.8, 4) is 44.5 Å². The van der Waals surface area contributed by atoms with Crippen LogP contribution in [0.5, 0.6) is 0 Å². The van der Waals surface area contributed by atoms with Gasteiger partial charge in [0.15, 0.2) is 0 Å². The number of aromatic nitrogens is 4. The van der Waals surface area contributed by atoms with E-state index in [0.717, 1.165) is 99.2 Å². The Balaban J connectivity index is 1.13. The summed E-state index contributed by atoms with van der Waals surface area (Å²) in [5, 5.41) is 4.44. The molecule has 54 heavy (non-hydrogen) atoms. The largest absolute Gasteiger partial charge is 0.256 e. The van der Waals surface area contributed by atoms with Crippen molar-refractivity contribution in [3.05, 3.63) is 194 Å². The first-order chi connectivity index (χ1) is 26.8. The molecule has 0 fully saturated rings. The Kier molecular flexibility index (Phi) is 7.77. The highest BCUT2D eigenvalue weighted by atomic mass is 14.7. The lowest BCUT2D eigenvalue weighted by molar-refractivity contribution is 1.40. The van der Waals surface area contributed by atoms with Crippen molar-refractivity contribution in [2.24, 2.45) is 0 Å². The van der Waals surface area contributed by atoms with Gasteiger partial charge in [-0.15, -0.1) is 0 Å². The van der Waals surface area contributed by atoms with Gasteiger partial charge in [0.1, 0.15) is 0 Å². The lowest BCUT2D eigenvalue weighted by Gasteiger charge is -2.15. The van der Waals surface area contributed by atoms with Crippen molar-refractivity contribution in [3.63, 3.8) is 0 Å². The Labute approximate surface area is 312 Å². The number of hydrogen-bond donors (Lipinski definition) is 0. The van der Waals surface area contributed by atoms with Crippen LogP contribution in [0, 0.1) is 0 Å². The first-order valence-corrected chi connectivity index (χ1v) is 18.1. The van der Waals surface area contributed by atoms with Crippen LogP contribution in [-0.4, -0.2) is 19.9 Å². The van der Waals surface area contributed by atoms with Gasteiger partial charge >= 0.3 is 0 Å². The lowest BCUT2D eigenvalue weighted by atomic mass is 9.89. The van der Waals surface area contributed by atoms with Crippen LogP contribution in [0.3, 0.4) is 0 Å². The Bertz CT molecular complexity index is 2840. The van der Waals surface area contributed by atoms with Gasteiger partial charge in [-0.2, -0.15) is 0 Å². The third-order valence-corrected chi connectivity index (χ3v) is 10.2. The van der Waals surface area contributed by atoms with Gasteiger partial charge < -0.3 is 0 Å². The summed E-state index contributed by atoms with van der Waals surface area (Å²) in [6, 6.07) is 55.4. The Hall–Kier alpha value is -7.30. The molecule has 10 rings (SSSR count). The molecule has 0 radical (unpaired) electrons. The molecule has 0 unspecified atom stereocenters. The van der Waals surface area contributed by atoms with Crippen molar-refractivity contribution in [2.75, 3.05) is 0 Å². The fourth-order valence-electron chi connectivity index (χ4n) is 7.73. The van der Waals surface area contributed by atoms with Crippen molar-refractivity contribution >= 4 is 55.8 Å². The van der Waals surface area contributed by atoms with E-state index >= 15 is 0 Å². The highest BCUT2D eigenvalue weighted by Crippen LogP contribution is 2.41. The molecule has 4 nitrogen and oxygen atoms in total. The average molecular weight is 689 g/mol. The highest BCUT2D eigenvalue weighted by molar-refractivity contribution is 6.05. The fourth-order valence-corrected chi connectivity index (χ4v) is 7.73. The molecule has 0 N–H and O–H groups in total.